The minimum Gasteiger partial charge on any atom is -0.497 e. The van der Waals surface area contributed by atoms with Crippen LogP contribution in [0.5, 0.6) is 5.75 Å². The molecule has 0 saturated carbocycles. The molecule has 0 saturated heterocycles. The van der Waals surface area contributed by atoms with Gasteiger partial charge in [-0.3, -0.25) is 0 Å². The van der Waals surface area contributed by atoms with Crippen LogP contribution in [0.25, 0.3) is 0 Å². The Labute approximate surface area is 137 Å². The molecule has 0 fully saturated rings. The van der Waals surface area contributed by atoms with Crippen molar-refractivity contribution in [2.75, 3.05) is 17.7 Å². The first-order valence-electron chi connectivity index (χ1n) is 7.32. The molecule has 0 atom stereocenters. The molecule has 0 radical (unpaired) electrons. The summed E-state index contributed by atoms with van der Waals surface area (Å²) in [7, 11) is 1.66. The molecule has 2 aromatic rings. The van der Waals surface area contributed by atoms with Crippen LogP contribution in [-0.2, 0) is 0 Å². The summed E-state index contributed by atoms with van der Waals surface area (Å²) in [6, 6.07) is 14.2. The first kappa shape index (κ1) is 16.3. The molecule has 2 N–H and O–H groups in total. The third-order valence-corrected chi connectivity index (χ3v) is 3.71. The lowest BCUT2D eigenvalue weighted by molar-refractivity contribution is 0.415. The molecule has 4 heteroatoms. The van der Waals surface area contributed by atoms with Gasteiger partial charge in [0.15, 0.2) is 5.11 Å². The fraction of sp³-hybridized carbons (Fsp3) is 0.278. The zero-order valence-electron chi connectivity index (χ0n) is 13.4. The number of ether oxygens (including phenoxy) is 1. The van der Waals surface area contributed by atoms with E-state index in [-0.39, 0.29) is 0 Å². The highest BCUT2D eigenvalue weighted by atomic mass is 32.1. The van der Waals surface area contributed by atoms with Crippen molar-refractivity contribution in [3.05, 3.63) is 53.6 Å². The average molecular weight is 314 g/mol. The Morgan fingerprint density at radius 1 is 1.09 bits per heavy atom. The average Bonchev–Trinajstić information content (AvgIpc) is 2.49. The van der Waals surface area contributed by atoms with Gasteiger partial charge < -0.3 is 15.4 Å². The summed E-state index contributed by atoms with van der Waals surface area (Å²) in [6.07, 6.45) is 0. The number of anilines is 2. The first-order valence-corrected chi connectivity index (χ1v) is 7.73. The van der Waals surface area contributed by atoms with Gasteiger partial charge in [-0.15, -0.1) is 0 Å². The molecule has 0 aliphatic heterocycles. The van der Waals surface area contributed by atoms with Gasteiger partial charge in [0.1, 0.15) is 5.75 Å². The number of hydrogen-bond donors (Lipinski definition) is 2. The van der Waals surface area contributed by atoms with Crippen LogP contribution in [0.2, 0.25) is 0 Å². The molecule has 22 heavy (non-hydrogen) atoms. The second-order valence-electron chi connectivity index (χ2n) is 5.54. The predicted molar refractivity (Wildman–Crippen MR) is 98.1 cm³/mol. The summed E-state index contributed by atoms with van der Waals surface area (Å²) < 4.78 is 5.25. The fourth-order valence-electron chi connectivity index (χ4n) is 2.12. The molecular weight excluding hydrogens is 292 g/mol. The lowest BCUT2D eigenvalue weighted by Crippen LogP contribution is -2.19. The summed E-state index contributed by atoms with van der Waals surface area (Å²) in [5.74, 6) is 1.29. The molecule has 0 amide bonds. The summed E-state index contributed by atoms with van der Waals surface area (Å²) in [6.45, 7) is 6.38. The second kappa shape index (κ2) is 7.27. The van der Waals surface area contributed by atoms with Crippen LogP contribution < -0.4 is 15.4 Å². The van der Waals surface area contributed by atoms with Crippen molar-refractivity contribution in [3.8, 4) is 5.75 Å². The van der Waals surface area contributed by atoms with Crippen LogP contribution in [0.4, 0.5) is 11.4 Å². The van der Waals surface area contributed by atoms with E-state index in [1.165, 1.54) is 5.56 Å². The van der Waals surface area contributed by atoms with Crippen molar-refractivity contribution in [1.29, 1.82) is 0 Å². The predicted octanol–water partition coefficient (Wildman–Crippen LogP) is 4.94. The highest BCUT2D eigenvalue weighted by Gasteiger charge is 2.05. The monoisotopic (exact) mass is 314 g/mol. The number of aryl methyl sites for hydroxylation is 1. The molecule has 0 aromatic heterocycles. The van der Waals surface area contributed by atoms with E-state index in [0.717, 1.165) is 22.7 Å². The number of thiocarbonyl (C=S) groups is 1. The summed E-state index contributed by atoms with van der Waals surface area (Å²) >= 11 is 5.40. The largest absolute Gasteiger partial charge is 0.497 e. The summed E-state index contributed by atoms with van der Waals surface area (Å²) in [5, 5.41) is 7.02. The topological polar surface area (TPSA) is 33.3 Å². The molecule has 2 aromatic carbocycles. The van der Waals surface area contributed by atoms with Gasteiger partial charge in [0.05, 0.1) is 7.11 Å². The maximum atomic E-state index is 5.40. The maximum Gasteiger partial charge on any atom is 0.175 e. The quantitative estimate of drug-likeness (QED) is 0.784. The first-order chi connectivity index (χ1) is 10.5. The summed E-state index contributed by atoms with van der Waals surface area (Å²) in [5.41, 5.74) is 4.33. The van der Waals surface area contributed by atoms with Gasteiger partial charge in [-0.25, -0.2) is 0 Å². The van der Waals surface area contributed by atoms with E-state index >= 15 is 0 Å². The van der Waals surface area contributed by atoms with Gasteiger partial charge in [0, 0.05) is 17.4 Å². The lowest BCUT2D eigenvalue weighted by Gasteiger charge is -2.14. The Morgan fingerprint density at radius 2 is 1.86 bits per heavy atom. The zero-order valence-corrected chi connectivity index (χ0v) is 14.3. The van der Waals surface area contributed by atoms with Crippen molar-refractivity contribution < 1.29 is 4.74 Å². The number of rotatable bonds is 4. The van der Waals surface area contributed by atoms with Crippen molar-refractivity contribution in [2.24, 2.45) is 0 Å². The van der Waals surface area contributed by atoms with Crippen molar-refractivity contribution in [3.63, 3.8) is 0 Å². The van der Waals surface area contributed by atoms with Crippen LogP contribution in [0.3, 0.4) is 0 Å². The second-order valence-corrected chi connectivity index (χ2v) is 5.95. The Kier molecular flexibility index (Phi) is 5.39. The van der Waals surface area contributed by atoms with E-state index in [1.807, 2.05) is 37.3 Å². The van der Waals surface area contributed by atoms with Gasteiger partial charge in [0.2, 0.25) is 0 Å². The molecule has 0 unspecified atom stereocenters. The molecule has 0 spiro atoms. The van der Waals surface area contributed by atoms with Gasteiger partial charge >= 0.3 is 0 Å². The third kappa shape index (κ3) is 4.21. The van der Waals surface area contributed by atoms with Crippen LogP contribution in [0.15, 0.2) is 42.5 Å². The zero-order chi connectivity index (χ0) is 16.1. The minimum atomic E-state index is 0.490. The highest BCUT2D eigenvalue weighted by molar-refractivity contribution is 7.80. The number of methoxy groups -OCH3 is 1. The normalized spacial score (nSPS) is 10.4. The molecule has 0 aliphatic carbocycles. The number of benzene rings is 2. The smallest absolute Gasteiger partial charge is 0.175 e. The van der Waals surface area contributed by atoms with E-state index < -0.39 is 0 Å². The van der Waals surface area contributed by atoms with Gasteiger partial charge in [-0.05, 0) is 54.4 Å². The Balaban J connectivity index is 2.08. The summed E-state index contributed by atoms with van der Waals surface area (Å²) in [4.78, 5) is 0. The molecule has 2 rings (SSSR count). The fourth-order valence-corrected chi connectivity index (χ4v) is 2.35. The van der Waals surface area contributed by atoms with Gasteiger partial charge in [-0.2, -0.15) is 0 Å². The van der Waals surface area contributed by atoms with E-state index in [9.17, 15) is 0 Å². The van der Waals surface area contributed by atoms with Crippen LogP contribution in [-0.4, -0.2) is 12.2 Å². The molecule has 3 nitrogen and oxygen atoms in total. The van der Waals surface area contributed by atoms with E-state index in [4.69, 9.17) is 17.0 Å². The van der Waals surface area contributed by atoms with E-state index in [0.29, 0.717) is 11.0 Å². The van der Waals surface area contributed by atoms with Crippen LogP contribution in [0, 0.1) is 6.92 Å². The standard InChI is InChI=1S/C18H22N2OS/c1-12(2)14-6-5-7-15(10-14)19-18(22)20-17-11-16(21-4)9-8-13(17)3/h5-12H,1-4H3,(H2,19,20,22). The van der Waals surface area contributed by atoms with Crippen molar-refractivity contribution in [1.82, 2.24) is 0 Å². The third-order valence-electron chi connectivity index (χ3n) is 3.50. The highest BCUT2D eigenvalue weighted by Crippen LogP contribution is 2.22. The lowest BCUT2D eigenvalue weighted by atomic mass is 10.0. The SMILES string of the molecule is COc1ccc(C)c(NC(=S)Nc2cccc(C(C)C)c2)c1. The van der Waals surface area contributed by atoms with E-state index in [1.54, 1.807) is 7.11 Å². The minimum absolute atomic E-state index is 0.490. The maximum absolute atomic E-state index is 5.40. The Bertz CT molecular complexity index is 668. The van der Waals surface area contributed by atoms with Crippen LogP contribution >= 0.6 is 12.2 Å². The number of nitrogens with one attached hydrogen (secondary N) is 2. The molecule has 116 valence electrons. The molecular formula is C18H22N2OS. The van der Waals surface area contributed by atoms with Crippen LogP contribution in [0.1, 0.15) is 30.9 Å². The van der Waals surface area contributed by atoms with Gasteiger partial charge in [0.25, 0.3) is 0 Å². The molecule has 0 aliphatic rings. The van der Waals surface area contributed by atoms with E-state index in [2.05, 4.69) is 36.6 Å². The molecule has 0 heterocycles. The Morgan fingerprint density at radius 3 is 2.55 bits per heavy atom. The van der Waals surface area contributed by atoms with Gasteiger partial charge in [-0.1, -0.05) is 32.0 Å². The number of hydrogen-bond acceptors (Lipinski definition) is 2. The molecule has 0 bridgehead atoms. The Hall–Kier alpha value is -2.07. The van der Waals surface area contributed by atoms with Crippen molar-refractivity contribution >= 4 is 28.7 Å². The van der Waals surface area contributed by atoms with Crippen molar-refractivity contribution in [2.45, 2.75) is 26.7 Å².